The lowest BCUT2D eigenvalue weighted by Gasteiger charge is -2.26. The van der Waals surface area contributed by atoms with Crippen LogP contribution in [0.2, 0.25) is 0 Å². The molecule has 1 saturated heterocycles. The van der Waals surface area contributed by atoms with E-state index in [4.69, 9.17) is 0 Å². The van der Waals surface area contributed by atoms with Gasteiger partial charge in [0.1, 0.15) is 0 Å². The predicted octanol–water partition coefficient (Wildman–Crippen LogP) is 0.0648. The Morgan fingerprint density at radius 2 is 2.21 bits per heavy atom. The number of carbonyl (C=O) groups excluding carboxylic acids is 1. The van der Waals surface area contributed by atoms with Crippen molar-refractivity contribution in [2.24, 2.45) is 0 Å². The molecule has 1 aliphatic heterocycles. The standard InChI is InChI=1S/C9H14N4O/c1-8-2-5-13(11-8)9(14)12-6-3-10-4-7-12/h2,5,10H,3-4,6-7H2,1H3. The summed E-state index contributed by atoms with van der Waals surface area (Å²) >= 11 is 0. The third-order valence-electron chi connectivity index (χ3n) is 2.31. The quantitative estimate of drug-likeness (QED) is 0.635. The SMILES string of the molecule is Cc1ccn(C(=O)N2CCNCC2)n1. The summed E-state index contributed by atoms with van der Waals surface area (Å²) in [5.41, 5.74) is 0.869. The van der Waals surface area contributed by atoms with Gasteiger partial charge in [-0.3, -0.25) is 0 Å². The minimum Gasteiger partial charge on any atom is -0.320 e. The summed E-state index contributed by atoms with van der Waals surface area (Å²) in [6, 6.07) is 1.81. The number of hydrogen-bond acceptors (Lipinski definition) is 3. The molecule has 1 aliphatic rings. The average molecular weight is 194 g/mol. The molecule has 0 radical (unpaired) electrons. The topological polar surface area (TPSA) is 50.2 Å². The minimum atomic E-state index is -0.0281. The van der Waals surface area contributed by atoms with Crippen molar-refractivity contribution in [3.8, 4) is 0 Å². The Kier molecular flexibility index (Phi) is 2.49. The first-order valence-electron chi connectivity index (χ1n) is 4.79. The molecule has 5 heteroatoms. The zero-order valence-corrected chi connectivity index (χ0v) is 8.23. The van der Waals surface area contributed by atoms with Crippen LogP contribution in [0, 0.1) is 6.92 Å². The maximum atomic E-state index is 11.8. The molecule has 2 rings (SSSR count). The molecule has 0 spiro atoms. The summed E-state index contributed by atoms with van der Waals surface area (Å²) in [7, 11) is 0. The summed E-state index contributed by atoms with van der Waals surface area (Å²) < 4.78 is 1.40. The van der Waals surface area contributed by atoms with Crippen LogP contribution in [0.4, 0.5) is 4.79 Å². The van der Waals surface area contributed by atoms with E-state index in [-0.39, 0.29) is 6.03 Å². The fraction of sp³-hybridized carbons (Fsp3) is 0.556. The molecule has 0 unspecified atom stereocenters. The Hall–Kier alpha value is -1.36. The normalized spacial score (nSPS) is 17.1. The number of amides is 1. The number of hydrogen-bond donors (Lipinski definition) is 1. The smallest absolute Gasteiger partial charge is 0.320 e. The number of nitrogens with one attached hydrogen (secondary N) is 1. The van der Waals surface area contributed by atoms with E-state index in [0.29, 0.717) is 0 Å². The molecule has 1 fully saturated rings. The van der Waals surface area contributed by atoms with Crippen LogP contribution in [0.25, 0.3) is 0 Å². The van der Waals surface area contributed by atoms with E-state index in [1.807, 2.05) is 17.9 Å². The number of carbonyl (C=O) groups is 1. The molecule has 0 atom stereocenters. The van der Waals surface area contributed by atoms with Gasteiger partial charge in [0, 0.05) is 32.4 Å². The van der Waals surface area contributed by atoms with E-state index in [0.717, 1.165) is 31.9 Å². The van der Waals surface area contributed by atoms with Crippen LogP contribution in [0.1, 0.15) is 5.69 Å². The predicted molar refractivity (Wildman–Crippen MR) is 52.2 cm³/mol. The monoisotopic (exact) mass is 194 g/mol. The highest BCUT2D eigenvalue weighted by molar-refractivity contribution is 5.76. The molecule has 14 heavy (non-hydrogen) atoms. The number of piperazine rings is 1. The molecule has 0 bridgehead atoms. The summed E-state index contributed by atoms with van der Waals surface area (Å²) in [4.78, 5) is 13.6. The maximum Gasteiger partial charge on any atom is 0.344 e. The van der Waals surface area contributed by atoms with Crippen molar-refractivity contribution in [3.63, 3.8) is 0 Å². The maximum absolute atomic E-state index is 11.8. The van der Waals surface area contributed by atoms with E-state index in [1.54, 1.807) is 6.20 Å². The van der Waals surface area contributed by atoms with Gasteiger partial charge < -0.3 is 10.2 Å². The molecule has 1 N–H and O–H groups in total. The highest BCUT2D eigenvalue weighted by atomic mass is 16.2. The van der Waals surface area contributed by atoms with Gasteiger partial charge in [0.15, 0.2) is 0 Å². The molecule has 0 aliphatic carbocycles. The minimum absolute atomic E-state index is 0.0281. The molecule has 76 valence electrons. The second-order valence-electron chi connectivity index (χ2n) is 3.42. The van der Waals surface area contributed by atoms with Crippen LogP contribution in [-0.4, -0.2) is 46.9 Å². The largest absolute Gasteiger partial charge is 0.344 e. The van der Waals surface area contributed by atoms with Crippen LogP contribution in [0.3, 0.4) is 0 Å². The molecule has 0 saturated carbocycles. The van der Waals surface area contributed by atoms with E-state index in [9.17, 15) is 4.79 Å². The van der Waals surface area contributed by atoms with Gasteiger partial charge in [-0.2, -0.15) is 9.78 Å². The number of aromatic nitrogens is 2. The molecule has 1 aromatic heterocycles. The number of nitrogens with zero attached hydrogens (tertiary/aromatic N) is 3. The zero-order valence-electron chi connectivity index (χ0n) is 8.23. The van der Waals surface area contributed by atoms with Crippen molar-refractivity contribution in [1.82, 2.24) is 20.0 Å². The summed E-state index contributed by atoms with van der Waals surface area (Å²) in [5, 5.41) is 7.29. The lowest BCUT2D eigenvalue weighted by atomic mass is 10.4. The molecule has 1 aromatic rings. The summed E-state index contributed by atoms with van der Waals surface area (Å²) in [5.74, 6) is 0. The Labute approximate surface area is 82.7 Å². The summed E-state index contributed by atoms with van der Waals surface area (Å²) in [6.45, 7) is 5.13. The van der Waals surface area contributed by atoms with Gasteiger partial charge in [-0.15, -0.1) is 0 Å². The van der Waals surface area contributed by atoms with Crippen molar-refractivity contribution in [2.75, 3.05) is 26.2 Å². The van der Waals surface area contributed by atoms with Gasteiger partial charge in [0.25, 0.3) is 0 Å². The third kappa shape index (κ3) is 1.77. The zero-order chi connectivity index (χ0) is 9.97. The molecule has 2 heterocycles. The van der Waals surface area contributed by atoms with E-state index in [1.165, 1.54) is 4.68 Å². The van der Waals surface area contributed by atoms with Crippen LogP contribution in [-0.2, 0) is 0 Å². The van der Waals surface area contributed by atoms with E-state index < -0.39 is 0 Å². The first-order chi connectivity index (χ1) is 6.77. The van der Waals surface area contributed by atoms with E-state index >= 15 is 0 Å². The highest BCUT2D eigenvalue weighted by Crippen LogP contribution is 1.99. The van der Waals surface area contributed by atoms with Crippen LogP contribution in [0.5, 0.6) is 0 Å². The molecule has 1 amide bonds. The first-order valence-corrected chi connectivity index (χ1v) is 4.79. The fourth-order valence-corrected chi connectivity index (χ4v) is 1.52. The number of aryl methyl sites for hydroxylation is 1. The lowest BCUT2D eigenvalue weighted by molar-refractivity contribution is 0.188. The van der Waals surface area contributed by atoms with Crippen LogP contribution in [0.15, 0.2) is 12.3 Å². The third-order valence-corrected chi connectivity index (χ3v) is 2.31. The van der Waals surface area contributed by atoms with Crippen LogP contribution >= 0.6 is 0 Å². The van der Waals surface area contributed by atoms with Crippen molar-refractivity contribution in [3.05, 3.63) is 18.0 Å². The second kappa shape index (κ2) is 3.79. The lowest BCUT2D eigenvalue weighted by Crippen LogP contribution is -2.48. The Bertz CT molecular complexity index is 327. The highest BCUT2D eigenvalue weighted by Gasteiger charge is 2.17. The Balaban J connectivity index is 2.07. The van der Waals surface area contributed by atoms with Gasteiger partial charge in [0.2, 0.25) is 0 Å². The van der Waals surface area contributed by atoms with E-state index in [2.05, 4.69) is 10.4 Å². The Morgan fingerprint density at radius 1 is 1.50 bits per heavy atom. The summed E-state index contributed by atoms with van der Waals surface area (Å²) in [6.07, 6.45) is 1.71. The molecule has 5 nitrogen and oxygen atoms in total. The van der Waals surface area contributed by atoms with Crippen molar-refractivity contribution < 1.29 is 4.79 Å². The molecular formula is C9H14N4O. The van der Waals surface area contributed by atoms with Crippen molar-refractivity contribution >= 4 is 6.03 Å². The second-order valence-corrected chi connectivity index (χ2v) is 3.42. The van der Waals surface area contributed by atoms with Gasteiger partial charge in [0.05, 0.1) is 5.69 Å². The van der Waals surface area contributed by atoms with Gasteiger partial charge in [-0.25, -0.2) is 4.79 Å². The van der Waals surface area contributed by atoms with Gasteiger partial charge in [-0.05, 0) is 13.0 Å². The van der Waals surface area contributed by atoms with Crippen LogP contribution < -0.4 is 5.32 Å². The van der Waals surface area contributed by atoms with Gasteiger partial charge in [-0.1, -0.05) is 0 Å². The molecular weight excluding hydrogens is 180 g/mol. The van der Waals surface area contributed by atoms with Crippen molar-refractivity contribution in [2.45, 2.75) is 6.92 Å². The van der Waals surface area contributed by atoms with Crippen molar-refractivity contribution in [1.29, 1.82) is 0 Å². The fourth-order valence-electron chi connectivity index (χ4n) is 1.52. The first kappa shape index (κ1) is 9.21. The average Bonchev–Trinajstić information content (AvgIpc) is 2.65. The van der Waals surface area contributed by atoms with Gasteiger partial charge >= 0.3 is 6.03 Å². The number of rotatable bonds is 0. The molecule has 0 aromatic carbocycles. The Morgan fingerprint density at radius 3 is 2.79 bits per heavy atom.